The number of benzene rings is 1. The summed E-state index contributed by atoms with van der Waals surface area (Å²) in [5, 5.41) is 0. The van der Waals surface area contributed by atoms with Crippen LogP contribution >= 0.6 is 0 Å². The molecule has 0 atom stereocenters. The van der Waals surface area contributed by atoms with E-state index in [1.807, 2.05) is 27.7 Å². The van der Waals surface area contributed by atoms with Crippen LogP contribution in [0.5, 0.6) is 17.2 Å². The van der Waals surface area contributed by atoms with Crippen LogP contribution in [0.3, 0.4) is 0 Å². The first-order valence-electron chi connectivity index (χ1n) is 11.0. The minimum atomic E-state index is -0.364. The fourth-order valence-electron chi connectivity index (χ4n) is 2.84. The highest BCUT2D eigenvalue weighted by atomic mass is 16.6. The molecule has 0 spiro atoms. The molecule has 0 radical (unpaired) electrons. The number of carbonyl (C=O) groups is 2. The summed E-state index contributed by atoms with van der Waals surface area (Å²) in [7, 11) is 0. The Morgan fingerprint density at radius 1 is 0.793 bits per heavy atom. The maximum absolute atomic E-state index is 12.2. The van der Waals surface area contributed by atoms with E-state index in [0.29, 0.717) is 18.8 Å². The zero-order chi connectivity index (χ0) is 21.6. The van der Waals surface area contributed by atoms with Gasteiger partial charge in [0, 0.05) is 12.8 Å². The van der Waals surface area contributed by atoms with Crippen LogP contribution in [0.25, 0.3) is 0 Å². The number of esters is 2. The molecule has 0 aromatic heterocycles. The van der Waals surface area contributed by atoms with E-state index in [9.17, 15) is 9.59 Å². The fraction of sp³-hybridized carbons (Fsp3) is 0.667. The number of carbonyl (C=O) groups excluding carboxylic acids is 2. The van der Waals surface area contributed by atoms with E-state index < -0.39 is 0 Å². The van der Waals surface area contributed by atoms with Gasteiger partial charge in [0.15, 0.2) is 11.5 Å². The minimum Gasteiger partial charge on any atom is -0.490 e. The summed E-state index contributed by atoms with van der Waals surface area (Å²) in [6, 6.07) is 5.12. The van der Waals surface area contributed by atoms with E-state index in [1.54, 1.807) is 18.2 Å². The van der Waals surface area contributed by atoms with Gasteiger partial charge in [-0.1, -0.05) is 72.8 Å². The molecule has 0 saturated carbocycles. The lowest BCUT2D eigenvalue weighted by Gasteiger charge is -2.16. The maximum Gasteiger partial charge on any atom is 0.311 e. The number of para-hydroxylation sites is 1. The quantitative estimate of drug-likeness (QED) is 0.205. The van der Waals surface area contributed by atoms with Crippen LogP contribution in [0, 0.1) is 11.8 Å². The molecule has 5 nitrogen and oxygen atoms in total. The Labute approximate surface area is 176 Å². The first-order valence-corrected chi connectivity index (χ1v) is 11.0. The molecule has 0 heterocycles. The van der Waals surface area contributed by atoms with E-state index in [4.69, 9.17) is 14.2 Å². The second kappa shape index (κ2) is 14.0. The zero-order valence-electron chi connectivity index (χ0n) is 18.8. The van der Waals surface area contributed by atoms with Crippen molar-refractivity contribution in [3.63, 3.8) is 0 Å². The summed E-state index contributed by atoms with van der Waals surface area (Å²) in [6.07, 6.45) is 7.54. The van der Waals surface area contributed by atoms with Gasteiger partial charge in [0.1, 0.15) is 0 Å². The molecule has 0 unspecified atom stereocenters. The Bertz CT molecular complexity index is 622. The monoisotopic (exact) mass is 406 g/mol. The standard InChI is InChI=1S/C24H38O5/c1-6-7-8-9-10-11-15-27-20-13-12-14-21(28-22(25)16-18(2)3)24(20)29-23(26)17-19(4)5/h12-14,18-19H,6-11,15-17H2,1-5H3. The largest absolute Gasteiger partial charge is 0.490 e. The van der Waals surface area contributed by atoms with Crippen LogP contribution in [-0.4, -0.2) is 18.5 Å². The van der Waals surface area contributed by atoms with Gasteiger partial charge < -0.3 is 14.2 Å². The van der Waals surface area contributed by atoms with Gasteiger partial charge in [0.2, 0.25) is 5.75 Å². The highest BCUT2D eigenvalue weighted by molar-refractivity contribution is 5.77. The second-order valence-electron chi connectivity index (χ2n) is 8.34. The number of hydrogen-bond acceptors (Lipinski definition) is 5. The molecule has 0 fully saturated rings. The van der Waals surface area contributed by atoms with Crippen molar-refractivity contribution in [2.75, 3.05) is 6.61 Å². The molecule has 0 saturated heterocycles. The van der Waals surface area contributed by atoms with Gasteiger partial charge in [-0.05, 0) is 30.4 Å². The first kappa shape index (κ1) is 25.0. The topological polar surface area (TPSA) is 61.8 Å². The van der Waals surface area contributed by atoms with Crippen molar-refractivity contribution >= 4 is 11.9 Å². The third-order valence-electron chi connectivity index (χ3n) is 4.29. The number of rotatable bonds is 14. The van der Waals surface area contributed by atoms with Gasteiger partial charge in [-0.2, -0.15) is 0 Å². The number of hydrogen-bond donors (Lipinski definition) is 0. The molecule has 0 aliphatic carbocycles. The first-order chi connectivity index (χ1) is 13.8. The van der Waals surface area contributed by atoms with E-state index in [1.165, 1.54) is 25.7 Å². The molecule has 29 heavy (non-hydrogen) atoms. The van der Waals surface area contributed by atoms with E-state index in [-0.39, 0.29) is 41.7 Å². The van der Waals surface area contributed by atoms with E-state index >= 15 is 0 Å². The molecular formula is C24H38O5. The Morgan fingerprint density at radius 3 is 1.97 bits per heavy atom. The van der Waals surface area contributed by atoms with Crippen LogP contribution in [0.4, 0.5) is 0 Å². The summed E-state index contributed by atoms with van der Waals surface area (Å²) in [5.74, 6) is 0.498. The predicted octanol–water partition coefficient (Wildman–Crippen LogP) is 6.33. The lowest BCUT2D eigenvalue weighted by atomic mass is 10.1. The molecular weight excluding hydrogens is 368 g/mol. The van der Waals surface area contributed by atoms with Crippen molar-refractivity contribution in [3.05, 3.63) is 18.2 Å². The van der Waals surface area contributed by atoms with Crippen LogP contribution in [0.15, 0.2) is 18.2 Å². The Hall–Kier alpha value is -2.04. The van der Waals surface area contributed by atoms with Gasteiger partial charge in [0.05, 0.1) is 6.61 Å². The summed E-state index contributed by atoms with van der Waals surface area (Å²) in [6.45, 7) is 10.5. The van der Waals surface area contributed by atoms with Crippen LogP contribution in [0.2, 0.25) is 0 Å². The Morgan fingerprint density at radius 2 is 1.34 bits per heavy atom. The zero-order valence-corrected chi connectivity index (χ0v) is 18.8. The smallest absolute Gasteiger partial charge is 0.311 e. The van der Waals surface area contributed by atoms with Crippen LogP contribution in [-0.2, 0) is 9.59 Å². The molecule has 1 aromatic carbocycles. The van der Waals surface area contributed by atoms with E-state index in [0.717, 1.165) is 12.8 Å². The minimum absolute atomic E-state index is 0.172. The van der Waals surface area contributed by atoms with Crippen molar-refractivity contribution in [2.45, 2.75) is 86.0 Å². The highest BCUT2D eigenvalue weighted by Crippen LogP contribution is 2.38. The molecule has 0 aliphatic rings. The average Bonchev–Trinajstić information content (AvgIpc) is 2.61. The van der Waals surface area contributed by atoms with Gasteiger partial charge >= 0.3 is 11.9 Å². The van der Waals surface area contributed by atoms with Crippen LogP contribution in [0.1, 0.15) is 86.0 Å². The van der Waals surface area contributed by atoms with Crippen LogP contribution < -0.4 is 14.2 Å². The molecule has 0 bridgehead atoms. The summed E-state index contributed by atoms with van der Waals surface area (Å²) in [5.41, 5.74) is 0. The Balaban J connectivity index is 2.82. The molecule has 164 valence electrons. The molecule has 1 rings (SSSR count). The maximum atomic E-state index is 12.2. The number of ether oxygens (including phenoxy) is 3. The van der Waals surface area contributed by atoms with E-state index in [2.05, 4.69) is 6.92 Å². The third kappa shape index (κ3) is 10.9. The summed E-state index contributed by atoms with van der Waals surface area (Å²) >= 11 is 0. The number of unbranched alkanes of at least 4 members (excludes halogenated alkanes) is 5. The second-order valence-corrected chi connectivity index (χ2v) is 8.34. The SMILES string of the molecule is CCCCCCCCOc1cccc(OC(=O)CC(C)C)c1OC(=O)CC(C)C. The predicted molar refractivity (Wildman–Crippen MR) is 115 cm³/mol. The molecule has 0 amide bonds. The molecule has 0 aliphatic heterocycles. The van der Waals surface area contributed by atoms with Gasteiger partial charge in [-0.3, -0.25) is 9.59 Å². The van der Waals surface area contributed by atoms with Crippen molar-refractivity contribution in [2.24, 2.45) is 11.8 Å². The van der Waals surface area contributed by atoms with Crippen molar-refractivity contribution in [3.8, 4) is 17.2 Å². The van der Waals surface area contributed by atoms with Gasteiger partial charge in [-0.25, -0.2) is 0 Å². The summed E-state index contributed by atoms with van der Waals surface area (Å²) < 4.78 is 16.9. The molecule has 0 N–H and O–H groups in total. The molecule has 1 aromatic rings. The average molecular weight is 407 g/mol. The van der Waals surface area contributed by atoms with Crippen molar-refractivity contribution in [1.29, 1.82) is 0 Å². The Kier molecular flexibility index (Phi) is 12.1. The van der Waals surface area contributed by atoms with Crippen molar-refractivity contribution < 1.29 is 23.8 Å². The molecule has 5 heteroatoms. The highest BCUT2D eigenvalue weighted by Gasteiger charge is 2.20. The normalized spacial score (nSPS) is 11.0. The lowest BCUT2D eigenvalue weighted by molar-refractivity contribution is -0.138. The van der Waals surface area contributed by atoms with Gasteiger partial charge in [-0.15, -0.1) is 0 Å². The van der Waals surface area contributed by atoms with Crippen molar-refractivity contribution in [1.82, 2.24) is 0 Å². The third-order valence-corrected chi connectivity index (χ3v) is 4.29. The fourth-order valence-corrected chi connectivity index (χ4v) is 2.84. The van der Waals surface area contributed by atoms with Gasteiger partial charge in [0.25, 0.3) is 0 Å². The lowest BCUT2D eigenvalue weighted by Crippen LogP contribution is -2.15. The summed E-state index contributed by atoms with van der Waals surface area (Å²) in [4.78, 5) is 24.4.